The monoisotopic (exact) mass is 332 g/mol. The van der Waals surface area contributed by atoms with Gasteiger partial charge in [0.05, 0.1) is 6.61 Å². The number of hydrogen-bond acceptors (Lipinski definition) is 1. The fraction of sp³-hybridized carbons (Fsp3) is 0.333. The fourth-order valence-corrected chi connectivity index (χ4v) is 2.65. The predicted molar refractivity (Wildman–Crippen MR) is 88.7 cm³/mol. The molecular weight excluding hydrogens is 312 g/mol. The molecule has 106 valence electrons. The molecule has 0 radical (unpaired) electrons. The Kier molecular flexibility index (Phi) is 6.13. The zero-order valence-electron chi connectivity index (χ0n) is 11.9. The van der Waals surface area contributed by atoms with E-state index in [0.29, 0.717) is 0 Å². The maximum atomic E-state index is 5.89. The molecule has 20 heavy (non-hydrogen) atoms. The minimum atomic E-state index is 0.788. The summed E-state index contributed by atoms with van der Waals surface area (Å²) in [6, 6.07) is 17.0. The van der Waals surface area contributed by atoms with E-state index in [-0.39, 0.29) is 0 Å². The summed E-state index contributed by atoms with van der Waals surface area (Å²) in [6.07, 6.45) is 3.38. The maximum Gasteiger partial charge on any atom is 0.123 e. The zero-order valence-corrected chi connectivity index (χ0v) is 13.5. The minimum Gasteiger partial charge on any atom is -0.493 e. The molecule has 2 aromatic carbocycles. The zero-order chi connectivity index (χ0) is 14.2. The van der Waals surface area contributed by atoms with E-state index in [0.717, 1.165) is 30.5 Å². The lowest BCUT2D eigenvalue weighted by atomic mass is 10.1. The van der Waals surface area contributed by atoms with Crippen LogP contribution in [-0.4, -0.2) is 6.61 Å². The summed E-state index contributed by atoms with van der Waals surface area (Å²) < 4.78 is 5.89. The Morgan fingerprint density at radius 3 is 2.55 bits per heavy atom. The van der Waals surface area contributed by atoms with Crippen molar-refractivity contribution in [2.24, 2.45) is 0 Å². The Morgan fingerprint density at radius 2 is 1.80 bits per heavy atom. The molecule has 0 saturated carbocycles. The van der Waals surface area contributed by atoms with Crippen LogP contribution in [0.1, 0.15) is 29.5 Å². The van der Waals surface area contributed by atoms with E-state index in [9.17, 15) is 0 Å². The molecule has 0 aliphatic carbocycles. The lowest BCUT2D eigenvalue weighted by Crippen LogP contribution is -2.00. The van der Waals surface area contributed by atoms with Gasteiger partial charge in [-0.25, -0.2) is 0 Å². The van der Waals surface area contributed by atoms with Gasteiger partial charge < -0.3 is 4.74 Å². The van der Waals surface area contributed by atoms with Gasteiger partial charge in [-0.2, -0.15) is 0 Å². The van der Waals surface area contributed by atoms with Crippen LogP contribution in [0.4, 0.5) is 0 Å². The van der Waals surface area contributed by atoms with Crippen LogP contribution in [0.2, 0.25) is 0 Å². The van der Waals surface area contributed by atoms with Gasteiger partial charge in [0.15, 0.2) is 0 Å². The number of hydrogen-bond donors (Lipinski definition) is 0. The van der Waals surface area contributed by atoms with Crippen molar-refractivity contribution in [3.8, 4) is 5.75 Å². The average Bonchev–Trinajstić information content (AvgIpc) is 2.49. The molecule has 1 nitrogen and oxygen atoms in total. The molecule has 0 heterocycles. The van der Waals surface area contributed by atoms with Gasteiger partial charge in [0.1, 0.15) is 5.75 Å². The van der Waals surface area contributed by atoms with Crippen molar-refractivity contribution in [1.82, 2.24) is 0 Å². The number of unbranched alkanes of at least 4 members (excludes halogenated alkanes) is 1. The second kappa shape index (κ2) is 8.11. The van der Waals surface area contributed by atoms with Crippen LogP contribution >= 0.6 is 15.9 Å². The van der Waals surface area contributed by atoms with Crippen LogP contribution in [0.25, 0.3) is 0 Å². The van der Waals surface area contributed by atoms with Crippen molar-refractivity contribution in [3.05, 3.63) is 65.2 Å². The molecule has 0 aromatic heterocycles. The van der Waals surface area contributed by atoms with Gasteiger partial charge in [0, 0.05) is 10.9 Å². The number of benzene rings is 2. The maximum absolute atomic E-state index is 5.89. The molecular formula is C18H21BrO. The van der Waals surface area contributed by atoms with Crippen LogP contribution in [0.5, 0.6) is 5.75 Å². The lowest BCUT2D eigenvalue weighted by molar-refractivity contribution is 0.305. The summed E-state index contributed by atoms with van der Waals surface area (Å²) in [7, 11) is 0. The minimum absolute atomic E-state index is 0.788. The van der Waals surface area contributed by atoms with E-state index >= 15 is 0 Å². The molecule has 0 atom stereocenters. The highest BCUT2D eigenvalue weighted by Gasteiger charge is 2.02. The number of aryl methyl sites for hydroxylation is 2. The third kappa shape index (κ3) is 4.68. The molecule has 0 saturated heterocycles. The first kappa shape index (κ1) is 15.1. The number of alkyl halides is 1. The standard InChI is InChI=1S/C18H21BrO/c1-15-10-11-18(17(13-15)14-19)20-12-6-5-9-16-7-3-2-4-8-16/h2-4,7-8,10-11,13H,5-6,9,12,14H2,1H3. The average molecular weight is 333 g/mol. The smallest absolute Gasteiger partial charge is 0.123 e. The Morgan fingerprint density at radius 1 is 1.00 bits per heavy atom. The summed E-state index contributed by atoms with van der Waals surface area (Å²) >= 11 is 3.52. The summed E-state index contributed by atoms with van der Waals surface area (Å²) in [5.74, 6) is 1.01. The summed E-state index contributed by atoms with van der Waals surface area (Å²) in [4.78, 5) is 0. The van der Waals surface area contributed by atoms with E-state index in [1.165, 1.54) is 23.1 Å². The number of ether oxygens (including phenoxy) is 1. The van der Waals surface area contributed by atoms with Gasteiger partial charge >= 0.3 is 0 Å². The number of rotatable bonds is 7. The molecule has 0 N–H and O–H groups in total. The first-order valence-electron chi connectivity index (χ1n) is 7.12. The number of halogens is 1. The van der Waals surface area contributed by atoms with Gasteiger partial charge in [-0.3, -0.25) is 0 Å². The Labute approximate surface area is 130 Å². The summed E-state index contributed by atoms with van der Waals surface area (Å²) in [5, 5.41) is 0.841. The van der Waals surface area contributed by atoms with E-state index in [2.05, 4.69) is 71.4 Å². The highest BCUT2D eigenvalue weighted by atomic mass is 79.9. The normalized spacial score (nSPS) is 10.5. The molecule has 0 unspecified atom stereocenters. The topological polar surface area (TPSA) is 9.23 Å². The molecule has 2 aromatic rings. The Hall–Kier alpha value is -1.28. The second-order valence-corrected chi connectivity index (χ2v) is 5.60. The molecule has 0 spiro atoms. The van der Waals surface area contributed by atoms with Crippen molar-refractivity contribution in [2.45, 2.75) is 31.5 Å². The Balaban J connectivity index is 1.73. The van der Waals surface area contributed by atoms with Crippen LogP contribution in [0, 0.1) is 6.92 Å². The van der Waals surface area contributed by atoms with Crippen LogP contribution in [0.3, 0.4) is 0 Å². The van der Waals surface area contributed by atoms with E-state index in [1.807, 2.05) is 0 Å². The summed E-state index contributed by atoms with van der Waals surface area (Å²) in [5.41, 5.74) is 3.91. The quantitative estimate of drug-likeness (QED) is 0.494. The van der Waals surface area contributed by atoms with Gasteiger partial charge in [0.25, 0.3) is 0 Å². The largest absolute Gasteiger partial charge is 0.493 e. The predicted octanol–water partition coefficient (Wildman–Crippen LogP) is 5.29. The molecule has 0 amide bonds. The molecule has 2 rings (SSSR count). The SMILES string of the molecule is Cc1ccc(OCCCCc2ccccc2)c(CBr)c1. The first-order chi connectivity index (χ1) is 9.79. The first-order valence-corrected chi connectivity index (χ1v) is 8.24. The van der Waals surface area contributed by atoms with Gasteiger partial charge in [0.2, 0.25) is 0 Å². The van der Waals surface area contributed by atoms with Crippen molar-refractivity contribution in [1.29, 1.82) is 0 Å². The van der Waals surface area contributed by atoms with Gasteiger partial charge in [-0.1, -0.05) is 64.0 Å². The van der Waals surface area contributed by atoms with E-state index in [1.54, 1.807) is 0 Å². The summed E-state index contributed by atoms with van der Waals surface area (Å²) in [6.45, 7) is 2.89. The van der Waals surface area contributed by atoms with Crippen molar-refractivity contribution >= 4 is 15.9 Å². The molecule has 2 heteroatoms. The third-order valence-corrected chi connectivity index (χ3v) is 3.92. The Bertz CT molecular complexity index is 522. The molecule has 0 aliphatic heterocycles. The van der Waals surface area contributed by atoms with Crippen molar-refractivity contribution in [2.75, 3.05) is 6.61 Å². The van der Waals surface area contributed by atoms with Gasteiger partial charge in [-0.15, -0.1) is 0 Å². The molecule has 0 aliphatic rings. The second-order valence-electron chi connectivity index (χ2n) is 5.04. The lowest BCUT2D eigenvalue weighted by Gasteiger charge is -2.10. The fourth-order valence-electron chi connectivity index (χ4n) is 2.21. The van der Waals surface area contributed by atoms with Gasteiger partial charge in [-0.05, 0) is 37.8 Å². The third-order valence-electron chi connectivity index (χ3n) is 3.32. The highest BCUT2D eigenvalue weighted by molar-refractivity contribution is 9.08. The highest BCUT2D eigenvalue weighted by Crippen LogP contribution is 2.22. The van der Waals surface area contributed by atoms with E-state index in [4.69, 9.17) is 4.74 Å². The van der Waals surface area contributed by atoms with Crippen molar-refractivity contribution < 1.29 is 4.74 Å². The van der Waals surface area contributed by atoms with Crippen LogP contribution in [0.15, 0.2) is 48.5 Å². The molecule has 0 bridgehead atoms. The van der Waals surface area contributed by atoms with Crippen molar-refractivity contribution in [3.63, 3.8) is 0 Å². The molecule has 0 fully saturated rings. The van der Waals surface area contributed by atoms with Crippen LogP contribution < -0.4 is 4.74 Å². The van der Waals surface area contributed by atoms with Crippen LogP contribution in [-0.2, 0) is 11.8 Å². The van der Waals surface area contributed by atoms with E-state index < -0.39 is 0 Å².